The first-order valence-electron chi connectivity index (χ1n) is 7.82. The highest BCUT2D eigenvalue weighted by Gasteiger charge is 2.16. The first kappa shape index (κ1) is 16.0. The van der Waals surface area contributed by atoms with Gasteiger partial charge in [-0.2, -0.15) is 4.80 Å². The van der Waals surface area contributed by atoms with E-state index in [0.717, 1.165) is 0 Å². The van der Waals surface area contributed by atoms with Gasteiger partial charge in [0.2, 0.25) is 18.5 Å². The van der Waals surface area contributed by atoms with Crippen molar-refractivity contribution in [1.29, 1.82) is 0 Å². The zero-order valence-corrected chi connectivity index (χ0v) is 13.8. The molecule has 0 fully saturated rings. The number of carbonyl (C=O) groups excluding carboxylic acids is 1. The van der Waals surface area contributed by atoms with Crippen LogP contribution >= 0.6 is 0 Å². The lowest BCUT2D eigenvalue weighted by atomic mass is 10.2. The molecule has 1 aliphatic rings. The van der Waals surface area contributed by atoms with E-state index in [1.165, 1.54) is 10.9 Å². The molecular formula is C17H14FN5O3. The minimum atomic E-state index is -0.386. The van der Waals surface area contributed by atoms with Crippen LogP contribution in [0.5, 0.6) is 11.5 Å². The Hall–Kier alpha value is -3.49. The molecule has 132 valence electrons. The normalized spacial score (nSPS) is 12.2. The highest BCUT2D eigenvalue weighted by Crippen LogP contribution is 2.34. The number of nitrogens with one attached hydrogen (secondary N) is 1. The number of nitrogens with zero attached hydrogens (tertiary/aromatic N) is 4. The first-order chi connectivity index (χ1) is 12.6. The number of hydrogen-bond donors (Lipinski definition) is 1. The van der Waals surface area contributed by atoms with Gasteiger partial charge < -0.3 is 14.8 Å². The molecule has 1 amide bonds. The summed E-state index contributed by atoms with van der Waals surface area (Å²) in [6.45, 7) is 1.68. The van der Waals surface area contributed by atoms with Gasteiger partial charge in [0.15, 0.2) is 11.5 Å². The molecular weight excluding hydrogens is 341 g/mol. The lowest BCUT2D eigenvalue weighted by Gasteiger charge is -2.05. The van der Waals surface area contributed by atoms with Crippen molar-refractivity contribution in [2.45, 2.75) is 13.5 Å². The third-order valence-electron chi connectivity index (χ3n) is 3.82. The molecule has 8 nitrogen and oxygen atoms in total. The number of ether oxygens (including phenoxy) is 2. The molecule has 0 aliphatic carbocycles. The molecule has 4 rings (SSSR count). The largest absolute Gasteiger partial charge is 0.454 e. The van der Waals surface area contributed by atoms with Crippen molar-refractivity contribution >= 4 is 11.6 Å². The Bertz CT molecular complexity index is 988. The van der Waals surface area contributed by atoms with E-state index in [1.807, 2.05) is 0 Å². The summed E-state index contributed by atoms with van der Waals surface area (Å²) in [4.78, 5) is 13.2. The lowest BCUT2D eigenvalue weighted by molar-refractivity contribution is -0.117. The number of anilines is 1. The molecule has 1 aromatic heterocycles. The Morgan fingerprint density at radius 2 is 2.08 bits per heavy atom. The maximum atomic E-state index is 13.5. The van der Waals surface area contributed by atoms with E-state index < -0.39 is 0 Å². The van der Waals surface area contributed by atoms with Gasteiger partial charge in [-0.05, 0) is 48.0 Å². The molecule has 1 aliphatic heterocycles. The predicted octanol–water partition coefficient (Wildman–Crippen LogP) is 2.16. The number of aromatic nitrogens is 4. The maximum absolute atomic E-state index is 13.5. The fourth-order valence-electron chi connectivity index (χ4n) is 2.46. The molecule has 2 aromatic carbocycles. The van der Waals surface area contributed by atoms with Gasteiger partial charge in [0.25, 0.3) is 0 Å². The van der Waals surface area contributed by atoms with Crippen molar-refractivity contribution in [3.05, 3.63) is 47.8 Å². The van der Waals surface area contributed by atoms with Crippen LogP contribution in [0, 0.1) is 12.7 Å². The molecule has 0 saturated heterocycles. The van der Waals surface area contributed by atoms with Gasteiger partial charge in [-0.3, -0.25) is 4.79 Å². The Labute approximate surface area is 147 Å². The fourth-order valence-corrected chi connectivity index (χ4v) is 2.46. The molecule has 9 heteroatoms. The van der Waals surface area contributed by atoms with Crippen molar-refractivity contribution in [3.63, 3.8) is 0 Å². The van der Waals surface area contributed by atoms with Gasteiger partial charge in [0.05, 0.1) is 0 Å². The number of halogens is 1. The van der Waals surface area contributed by atoms with Gasteiger partial charge in [0.1, 0.15) is 12.4 Å². The highest BCUT2D eigenvalue weighted by atomic mass is 19.1. The van der Waals surface area contributed by atoms with Crippen molar-refractivity contribution in [2.75, 3.05) is 12.1 Å². The van der Waals surface area contributed by atoms with E-state index in [-0.39, 0.29) is 25.1 Å². The second kappa shape index (κ2) is 6.43. The monoisotopic (exact) mass is 355 g/mol. The maximum Gasteiger partial charge on any atom is 0.248 e. The molecule has 1 N–H and O–H groups in total. The molecule has 0 unspecified atom stereocenters. The van der Waals surface area contributed by atoms with Crippen LogP contribution in [-0.4, -0.2) is 32.9 Å². The predicted molar refractivity (Wildman–Crippen MR) is 89.1 cm³/mol. The summed E-state index contributed by atoms with van der Waals surface area (Å²) in [6.07, 6.45) is 0. The summed E-state index contributed by atoms with van der Waals surface area (Å²) in [5, 5.41) is 14.6. The first-order valence-corrected chi connectivity index (χ1v) is 7.82. The number of tetrazole rings is 1. The van der Waals surface area contributed by atoms with Crippen molar-refractivity contribution in [2.24, 2.45) is 0 Å². The molecule has 2 heterocycles. The average Bonchev–Trinajstić information content (AvgIpc) is 3.26. The second-order valence-corrected chi connectivity index (χ2v) is 5.72. The van der Waals surface area contributed by atoms with Crippen LogP contribution in [0.2, 0.25) is 0 Å². The van der Waals surface area contributed by atoms with Crippen LogP contribution in [0.4, 0.5) is 10.1 Å². The molecule has 0 radical (unpaired) electrons. The minimum Gasteiger partial charge on any atom is -0.454 e. The quantitative estimate of drug-likeness (QED) is 0.771. The molecule has 26 heavy (non-hydrogen) atoms. The summed E-state index contributed by atoms with van der Waals surface area (Å²) in [6, 6.07) is 9.78. The Kier molecular flexibility index (Phi) is 3.96. The van der Waals surface area contributed by atoms with E-state index in [9.17, 15) is 9.18 Å². The number of fused-ring (bicyclic) bond motifs is 1. The van der Waals surface area contributed by atoms with Crippen LogP contribution in [0.3, 0.4) is 0 Å². The lowest BCUT2D eigenvalue weighted by Crippen LogP contribution is -2.20. The van der Waals surface area contributed by atoms with E-state index in [0.29, 0.717) is 34.1 Å². The summed E-state index contributed by atoms with van der Waals surface area (Å²) in [7, 11) is 0. The van der Waals surface area contributed by atoms with Crippen LogP contribution in [-0.2, 0) is 11.3 Å². The molecule has 0 spiro atoms. The Morgan fingerprint density at radius 1 is 1.23 bits per heavy atom. The second-order valence-electron chi connectivity index (χ2n) is 5.72. The Morgan fingerprint density at radius 3 is 2.92 bits per heavy atom. The van der Waals surface area contributed by atoms with E-state index in [2.05, 4.69) is 20.7 Å². The van der Waals surface area contributed by atoms with Gasteiger partial charge >= 0.3 is 0 Å². The zero-order chi connectivity index (χ0) is 18.1. The van der Waals surface area contributed by atoms with Crippen LogP contribution in [0.1, 0.15) is 5.56 Å². The van der Waals surface area contributed by atoms with Crippen LogP contribution in [0.25, 0.3) is 11.4 Å². The summed E-state index contributed by atoms with van der Waals surface area (Å²) >= 11 is 0. The van der Waals surface area contributed by atoms with Gasteiger partial charge in [-0.1, -0.05) is 6.07 Å². The summed E-state index contributed by atoms with van der Waals surface area (Å²) in [5.74, 6) is 0.857. The number of amides is 1. The minimum absolute atomic E-state index is 0.146. The topological polar surface area (TPSA) is 91.2 Å². The van der Waals surface area contributed by atoms with Gasteiger partial charge in [0, 0.05) is 11.3 Å². The van der Waals surface area contributed by atoms with Crippen molar-refractivity contribution < 1.29 is 18.7 Å². The number of benzene rings is 2. The summed E-state index contributed by atoms with van der Waals surface area (Å²) in [5.41, 5.74) is 1.57. The fraction of sp³-hybridized carbons (Fsp3) is 0.176. The van der Waals surface area contributed by atoms with E-state index in [4.69, 9.17) is 9.47 Å². The third-order valence-corrected chi connectivity index (χ3v) is 3.82. The van der Waals surface area contributed by atoms with Crippen molar-refractivity contribution in [3.8, 4) is 22.9 Å². The smallest absolute Gasteiger partial charge is 0.248 e. The van der Waals surface area contributed by atoms with Gasteiger partial charge in [-0.25, -0.2) is 4.39 Å². The number of hydrogen-bond acceptors (Lipinski definition) is 6. The highest BCUT2D eigenvalue weighted by molar-refractivity contribution is 5.90. The Balaban J connectivity index is 1.44. The number of rotatable bonds is 4. The number of aryl methyl sites for hydroxylation is 1. The standard InChI is InChI=1S/C17H14FN5O3/c1-10-2-4-12(7-13(10)18)19-16(24)8-23-21-17(20-22-23)11-3-5-14-15(6-11)26-9-25-14/h2-7H,8-9H2,1H3,(H,19,24). The molecule has 3 aromatic rings. The summed E-state index contributed by atoms with van der Waals surface area (Å²) < 4.78 is 24.1. The SMILES string of the molecule is Cc1ccc(NC(=O)Cn2nnc(-c3ccc4c(c3)OCO4)n2)cc1F. The molecule has 0 atom stereocenters. The average molecular weight is 355 g/mol. The van der Waals surface area contributed by atoms with E-state index in [1.54, 1.807) is 37.3 Å². The van der Waals surface area contributed by atoms with Gasteiger partial charge in [-0.15, -0.1) is 10.2 Å². The van der Waals surface area contributed by atoms with E-state index >= 15 is 0 Å². The third kappa shape index (κ3) is 3.18. The zero-order valence-electron chi connectivity index (χ0n) is 13.8. The molecule has 0 bridgehead atoms. The van der Waals surface area contributed by atoms with Crippen LogP contribution < -0.4 is 14.8 Å². The number of carbonyl (C=O) groups is 1. The van der Waals surface area contributed by atoms with Crippen molar-refractivity contribution in [1.82, 2.24) is 20.2 Å². The molecule has 0 saturated carbocycles. The van der Waals surface area contributed by atoms with Crippen LogP contribution in [0.15, 0.2) is 36.4 Å².